The molecule has 1 rings (SSSR count). The normalized spacial score (nSPS) is 11.5. The molecule has 0 radical (unpaired) electrons. The Labute approximate surface area is 106 Å². The quantitative estimate of drug-likeness (QED) is 0.818. The average molecular weight is 250 g/mol. The molecule has 0 aliphatic carbocycles. The number of urea groups is 1. The summed E-state index contributed by atoms with van der Waals surface area (Å²) < 4.78 is 0. The van der Waals surface area contributed by atoms with Gasteiger partial charge in [-0.1, -0.05) is 6.07 Å². The maximum Gasteiger partial charge on any atom is 0.317 e. The van der Waals surface area contributed by atoms with Gasteiger partial charge in [0.25, 0.3) is 0 Å². The SMILES string of the molecule is C[C@H](NC(=O)CNC(=O)N(C)C)c1cccnc1. The van der Waals surface area contributed by atoms with E-state index in [1.807, 2.05) is 19.1 Å². The second-order valence-corrected chi connectivity index (χ2v) is 4.13. The first-order valence-electron chi connectivity index (χ1n) is 5.65. The highest BCUT2D eigenvalue weighted by atomic mass is 16.2. The Morgan fingerprint density at radius 3 is 2.72 bits per heavy atom. The van der Waals surface area contributed by atoms with Crippen LogP contribution in [0.3, 0.4) is 0 Å². The van der Waals surface area contributed by atoms with Crippen molar-refractivity contribution in [3.8, 4) is 0 Å². The van der Waals surface area contributed by atoms with Gasteiger partial charge in [-0.2, -0.15) is 0 Å². The number of aromatic nitrogens is 1. The minimum Gasteiger partial charge on any atom is -0.348 e. The zero-order valence-electron chi connectivity index (χ0n) is 10.8. The maximum absolute atomic E-state index is 11.6. The van der Waals surface area contributed by atoms with E-state index < -0.39 is 0 Å². The van der Waals surface area contributed by atoms with Gasteiger partial charge in [-0.15, -0.1) is 0 Å². The molecule has 0 saturated heterocycles. The average Bonchev–Trinajstić information content (AvgIpc) is 2.36. The van der Waals surface area contributed by atoms with E-state index >= 15 is 0 Å². The van der Waals surface area contributed by atoms with Gasteiger partial charge in [0.15, 0.2) is 0 Å². The van der Waals surface area contributed by atoms with Crippen molar-refractivity contribution in [1.29, 1.82) is 0 Å². The van der Waals surface area contributed by atoms with Crippen LogP contribution >= 0.6 is 0 Å². The number of nitrogens with zero attached hydrogens (tertiary/aromatic N) is 2. The van der Waals surface area contributed by atoms with E-state index in [-0.39, 0.29) is 24.5 Å². The maximum atomic E-state index is 11.6. The van der Waals surface area contributed by atoms with Gasteiger partial charge in [0.1, 0.15) is 0 Å². The molecule has 2 N–H and O–H groups in total. The third-order valence-corrected chi connectivity index (χ3v) is 2.37. The molecule has 1 atom stereocenters. The zero-order valence-corrected chi connectivity index (χ0v) is 10.8. The third kappa shape index (κ3) is 4.40. The molecule has 0 aromatic carbocycles. The van der Waals surface area contributed by atoms with Crippen LogP contribution in [0.5, 0.6) is 0 Å². The predicted molar refractivity (Wildman–Crippen MR) is 67.9 cm³/mol. The molecule has 0 bridgehead atoms. The Morgan fingerprint density at radius 2 is 2.17 bits per heavy atom. The summed E-state index contributed by atoms with van der Waals surface area (Å²) in [5, 5.41) is 5.28. The van der Waals surface area contributed by atoms with Gasteiger partial charge in [-0.3, -0.25) is 9.78 Å². The molecular formula is C12H18N4O2. The minimum atomic E-state index is -0.292. The lowest BCUT2D eigenvalue weighted by Gasteiger charge is -2.15. The molecule has 0 fully saturated rings. The fraction of sp³-hybridized carbons (Fsp3) is 0.417. The van der Waals surface area contributed by atoms with Crippen molar-refractivity contribution in [2.45, 2.75) is 13.0 Å². The molecule has 18 heavy (non-hydrogen) atoms. The molecule has 6 nitrogen and oxygen atoms in total. The van der Waals surface area contributed by atoms with Crippen LogP contribution in [0, 0.1) is 0 Å². The van der Waals surface area contributed by atoms with Crippen LogP contribution < -0.4 is 10.6 Å². The summed E-state index contributed by atoms with van der Waals surface area (Å²) in [6.07, 6.45) is 3.37. The first kappa shape index (κ1) is 14.0. The summed E-state index contributed by atoms with van der Waals surface area (Å²) in [6, 6.07) is 3.27. The summed E-state index contributed by atoms with van der Waals surface area (Å²) in [5.74, 6) is -0.235. The molecule has 3 amide bonds. The molecule has 1 heterocycles. The second kappa shape index (κ2) is 6.58. The number of amides is 3. The van der Waals surface area contributed by atoms with Crippen molar-refractivity contribution in [2.24, 2.45) is 0 Å². The summed E-state index contributed by atoms with van der Waals surface area (Å²) in [7, 11) is 3.23. The Morgan fingerprint density at radius 1 is 1.44 bits per heavy atom. The summed E-state index contributed by atoms with van der Waals surface area (Å²) in [6.45, 7) is 1.82. The lowest BCUT2D eigenvalue weighted by molar-refractivity contribution is -0.120. The van der Waals surface area contributed by atoms with Gasteiger partial charge in [0.2, 0.25) is 5.91 Å². The van der Waals surface area contributed by atoms with E-state index in [0.717, 1.165) is 5.56 Å². The number of carbonyl (C=O) groups excluding carboxylic acids is 2. The predicted octanol–water partition coefficient (Wildman–Crippen LogP) is 0.530. The highest BCUT2D eigenvalue weighted by Gasteiger charge is 2.11. The molecule has 0 spiro atoms. The van der Waals surface area contributed by atoms with E-state index in [4.69, 9.17) is 0 Å². The summed E-state index contributed by atoms with van der Waals surface area (Å²) >= 11 is 0. The standard InChI is InChI=1S/C12H18N4O2/c1-9(10-5-4-6-13-7-10)15-11(17)8-14-12(18)16(2)3/h4-7,9H,8H2,1-3H3,(H,14,18)(H,15,17)/t9-/m0/s1. The van der Waals surface area contributed by atoms with Gasteiger partial charge in [-0.05, 0) is 18.6 Å². The number of hydrogen-bond acceptors (Lipinski definition) is 3. The van der Waals surface area contributed by atoms with E-state index in [0.29, 0.717) is 0 Å². The van der Waals surface area contributed by atoms with Crippen molar-refractivity contribution in [3.05, 3.63) is 30.1 Å². The van der Waals surface area contributed by atoms with Crippen LogP contribution in [0.15, 0.2) is 24.5 Å². The van der Waals surface area contributed by atoms with Gasteiger partial charge >= 0.3 is 6.03 Å². The molecule has 1 aromatic heterocycles. The van der Waals surface area contributed by atoms with Crippen LogP contribution in [0.1, 0.15) is 18.5 Å². The van der Waals surface area contributed by atoms with E-state index in [9.17, 15) is 9.59 Å². The molecular weight excluding hydrogens is 232 g/mol. The number of rotatable bonds is 4. The number of hydrogen-bond donors (Lipinski definition) is 2. The topological polar surface area (TPSA) is 74.3 Å². The van der Waals surface area contributed by atoms with Crippen molar-refractivity contribution < 1.29 is 9.59 Å². The van der Waals surface area contributed by atoms with Crippen molar-refractivity contribution in [1.82, 2.24) is 20.5 Å². The lowest BCUT2D eigenvalue weighted by Crippen LogP contribution is -2.42. The van der Waals surface area contributed by atoms with Crippen LogP contribution in [0.25, 0.3) is 0 Å². The van der Waals surface area contributed by atoms with Crippen molar-refractivity contribution in [3.63, 3.8) is 0 Å². The van der Waals surface area contributed by atoms with E-state index in [1.165, 1.54) is 4.90 Å². The van der Waals surface area contributed by atoms with Crippen LogP contribution in [0.4, 0.5) is 4.79 Å². The number of pyridine rings is 1. The fourth-order valence-corrected chi connectivity index (χ4v) is 1.32. The molecule has 98 valence electrons. The Bertz CT molecular complexity index is 406. The Balaban J connectivity index is 2.39. The second-order valence-electron chi connectivity index (χ2n) is 4.13. The molecule has 0 saturated carbocycles. The van der Waals surface area contributed by atoms with Gasteiger partial charge in [0.05, 0.1) is 12.6 Å². The Kier molecular flexibility index (Phi) is 5.10. The number of nitrogens with one attached hydrogen (secondary N) is 2. The molecule has 1 aromatic rings. The highest BCUT2D eigenvalue weighted by molar-refractivity contribution is 5.83. The zero-order chi connectivity index (χ0) is 13.5. The van der Waals surface area contributed by atoms with E-state index in [1.54, 1.807) is 26.5 Å². The van der Waals surface area contributed by atoms with Crippen LogP contribution in [0.2, 0.25) is 0 Å². The molecule has 6 heteroatoms. The van der Waals surface area contributed by atoms with Gasteiger partial charge < -0.3 is 15.5 Å². The van der Waals surface area contributed by atoms with Crippen molar-refractivity contribution >= 4 is 11.9 Å². The third-order valence-electron chi connectivity index (χ3n) is 2.37. The van der Waals surface area contributed by atoms with Gasteiger partial charge in [-0.25, -0.2) is 4.79 Å². The van der Waals surface area contributed by atoms with Crippen LogP contribution in [-0.2, 0) is 4.79 Å². The monoisotopic (exact) mass is 250 g/mol. The minimum absolute atomic E-state index is 0.0401. The lowest BCUT2D eigenvalue weighted by atomic mass is 10.1. The van der Waals surface area contributed by atoms with Crippen molar-refractivity contribution in [2.75, 3.05) is 20.6 Å². The van der Waals surface area contributed by atoms with E-state index in [2.05, 4.69) is 15.6 Å². The Hall–Kier alpha value is -2.11. The number of carbonyl (C=O) groups is 2. The molecule has 0 aliphatic heterocycles. The first-order valence-corrected chi connectivity index (χ1v) is 5.65. The van der Waals surface area contributed by atoms with Crippen LogP contribution in [-0.4, -0.2) is 42.5 Å². The first-order chi connectivity index (χ1) is 8.50. The largest absolute Gasteiger partial charge is 0.348 e. The molecule has 0 unspecified atom stereocenters. The van der Waals surface area contributed by atoms with Gasteiger partial charge in [0, 0.05) is 26.5 Å². The summed E-state index contributed by atoms with van der Waals surface area (Å²) in [5.41, 5.74) is 0.921. The highest BCUT2D eigenvalue weighted by Crippen LogP contribution is 2.08. The fourth-order valence-electron chi connectivity index (χ4n) is 1.32. The summed E-state index contributed by atoms with van der Waals surface area (Å²) in [4.78, 5) is 28.2. The molecule has 0 aliphatic rings. The smallest absolute Gasteiger partial charge is 0.317 e.